The third-order valence-corrected chi connectivity index (χ3v) is 14.1. The van der Waals surface area contributed by atoms with E-state index in [0.29, 0.717) is 19.3 Å². The van der Waals surface area contributed by atoms with Crippen molar-refractivity contribution in [2.24, 2.45) is 0 Å². The number of hydrogen-bond donors (Lipinski definition) is 0. The quantitative estimate of drug-likeness (QED) is 0.0199. The topological polar surface area (TPSA) is 78.9 Å². The molecule has 0 radical (unpaired) electrons. The molecule has 420 valence electrons. The maximum atomic E-state index is 12.9. The Morgan fingerprint density at radius 1 is 0.292 bits per heavy atom. The number of esters is 3. The average Bonchev–Trinajstić information content (AvgIpc) is 3.38. The summed E-state index contributed by atoms with van der Waals surface area (Å²) in [5.74, 6) is -0.863. The van der Waals surface area contributed by atoms with Crippen LogP contribution in [0.15, 0.2) is 48.6 Å². The molecule has 0 N–H and O–H groups in total. The summed E-state index contributed by atoms with van der Waals surface area (Å²) in [7, 11) is 0. The molecule has 72 heavy (non-hydrogen) atoms. The fourth-order valence-electron chi connectivity index (χ4n) is 9.29. The number of unbranched alkanes of at least 4 members (excludes halogenated alkanes) is 40. The first kappa shape index (κ1) is 69.4. The van der Waals surface area contributed by atoms with Crippen molar-refractivity contribution in [1.82, 2.24) is 0 Å². The van der Waals surface area contributed by atoms with E-state index in [1.165, 1.54) is 225 Å². The van der Waals surface area contributed by atoms with Gasteiger partial charge in [-0.05, 0) is 77.0 Å². The molecule has 0 fully saturated rings. The van der Waals surface area contributed by atoms with E-state index in [0.717, 1.165) is 70.6 Å². The van der Waals surface area contributed by atoms with E-state index >= 15 is 0 Å². The van der Waals surface area contributed by atoms with E-state index in [1.54, 1.807) is 0 Å². The zero-order chi connectivity index (χ0) is 52.2. The van der Waals surface area contributed by atoms with E-state index in [9.17, 15) is 14.4 Å². The Kier molecular flexibility index (Phi) is 58.7. The third kappa shape index (κ3) is 58.3. The Morgan fingerprint density at radius 3 is 0.875 bits per heavy atom. The molecule has 1 atom stereocenters. The van der Waals surface area contributed by atoms with Crippen LogP contribution in [0.25, 0.3) is 0 Å². The van der Waals surface area contributed by atoms with Gasteiger partial charge in [0.15, 0.2) is 6.10 Å². The summed E-state index contributed by atoms with van der Waals surface area (Å²) < 4.78 is 16.9. The normalized spacial score (nSPS) is 12.3. The standard InChI is InChI=1S/C66H120O6/c1-4-7-10-13-16-19-22-25-28-31-33-36-38-41-44-47-50-53-56-59-65(68)71-62-63(61-70-64(67)58-55-52-49-46-43-40-37-34-30-27-24-21-18-15-12-9-6-3)72-66(69)60-57-54-51-48-45-42-39-35-32-29-26-23-20-17-14-11-8-5-2/h16,18-19,21-22,25,27,30,63H,4-15,17,20,23-24,26,28-29,31-62H2,1-3H3/b19-16-,21-18-,25-22-,30-27-. The van der Waals surface area contributed by atoms with Crippen molar-refractivity contribution in [2.45, 2.75) is 341 Å². The second-order valence-electron chi connectivity index (χ2n) is 21.4. The van der Waals surface area contributed by atoms with Crippen molar-refractivity contribution >= 4 is 17.9 Å². The second-order valence-corrected chi connectivity index (χ2v) is 21.4. The maximum absolute atomic E-state index is 12.9. The minimum atomic E-state index is -0.776. The molecule has 6 heteroatoms. The molecule has 0 aromatic heterocycles. The highest BCUT2D eigenvalue weighted by molar-refractivity contribution is 5.71. The molecule has 0 bridgehead atoms. The number of rotatable bonds is 58. The molecule has 0 aromatic rings. The minimum Gasteiger partial charge on any atom is -0.462 e. The van der Waals surface area contributed by atoms with Crippen molar-refractivity contribution in [3.63, 3.8) is 0 Å². The predicted octanol–water partition coefficient (Wildman–Crippen LogP) is 21.4. The smallest absolute Gasteiger partial charge is 0.306 e. The Hall–Kier alpha value is -2.63. The van der Waals surface area contributed by atoms with Gasteiger partial charge in [-0.15, -0.1) is 0 Å². The monoisotopic (exact) mass is 1010 g/mol. The van der Waals surface area contributed by atoms with Crippen LogP contribution in [0, 0.1) is 0 Å². The van der Waals surface area contributed by atoms with E-state index in [-0.39, 0.29) is 31.1 Å². The van der Waals surface area contributed by atoms with Crippen molar-refractivity contribution in [1.29, 1.82) is 0 Å². The summed E-state index contributed by atoms with van der Waals surface area (Å²) in [5, 5.41) is 0. The van der Waals surface area contributed by atoms with Gasteiger partial charge in [-0.2, -0.15) is 0 Å². The third-order valence-electron chi connectivity index (χ3n) is 14.1. The van der Waals surface area contributed by atoms with Gasteiger partial charge in [0.25, 0.3) is 0 Å². The summed E-state index contributed by atoms with van der Waals surface area (Å²) in [4.78, 5) is 38.3. The van der Waals surface area contributed by atoms with E-state index in [4.69, 9.17) is 14.2 Å². The SMILES string of the molecule is CCCCC/C=C\C=C/CCCCCCCCCCCCC(=O)OCC(COC(=O)CCCCCCCCC/C=C\C/C=C\CCCCC)OC(=O)CCCCCCCCCCCCCCCCCCCC. The Morgan fingerprint density at radius 2 is 0.542 bits per heavy atom. The molecule has 0 spiro atoms. The molecule has 0 aliphatic rings. The lowest BCUT2D eigenvalue weighted by molar-refractivity contribution is -0.167. The molecular formula is C66H120O6. The number of hydrogen-bond acceptors (Lipinski definition) is 6. The van der Waals surface area contributed by atoms with Gasteiger partial charge in [0.2, 0.25) is 0 Å². The van der Waals surface area contributed by atoms with Gasteiger partial charge in [-0.25, -0.2) is 0 Å². The summed E-state index contributed by atoms with van der Waals surface area (Å²) in [5.41, 5.74) is 0. The Labute approximate surface area is 448 Å². The molecule has 0 heterocycles. The van der Waals surface area contributed by atoms with Crippen LogP contribution < -0.4 is 0 Å². The van der Waals surface area contributed by atoms with Crippen LogP contribution in [0.4, 0.5) is 0 Å². The Balaban J connectivity index is 4.35. The van der Waals surface area contributed by atoms with E-state index < -0.39 is 6.10 Å². The summed E-state index contributed by atoms with van der Waals surface area (Å²) in [6.07, 6.45) is 75.3. The Bertz CT molecular complexity index is 1250. The molecule has 0 rings (SSSR count). The zero-order valence-corrected chi connectivity index (χ0v) is 48.2. The first-order chi connectivity index (χ1) is 35.5. The van der Waals surface area contributed by atoms with Gasteiger partial charge in [0, 0.05) is 19.3 Å². The molecule has 0 saturated heterocycles. The van der Waals surface area contributed by atoms with Crippen LogP contribution in [0.3, 0.4) is 0 Å². The van der Waals surface area contributed by atoms with Crippen LogP contribution in [0.1, 0.15) is 335 Å². The first-order valence-electron chi connectivity index (χ1n) is 31.7. The molecule has 0 aromatic carbocycles. The molecule has 6 nitrogen and oxygen atoms in total. The highest BCUT2D eigenvalue weighted by Gasteiger charge is 2.19. The highest BCUT2D eigenvalue weighted by Crippen LogP contribution is 2.17. The highest BCUT2D eigenvalue weighted by atomic mass is 16.6. The van der Waals surface area contributed by atoms with Gasteiger partial charge in [0.1, 0.15) is 13.2 Å². The molecule has 0 aliphatic carbocycles. The fourth-order valence-corrected chi connectivity index (χ4v) is 9.29. The van der Waals surface area contributed by atoms with Crippen molar-refractivity contribution in [3.8, 4) is 0 Å². The van der Waals surface area contributed by atoms with Crippen molar-refractivity contribution in [2.75, 3.05) is 13.2 Å². The second kappa shape index (κ2) is 60.9. The lowest BCUT2D eigenvalue weighted by Gasteiger charge is -2.18. The van der Waals surface area contributed by atoms with Crippen LogP contribution >= 0.6 is 0 Å². The van der Waals surface area contributed by atoms with Crippen LogP contribution in [-0.4, -0.2) is 37.2 Å². The van der Waals surface area contributed by atoms with Gasteiger partial charge < -0.3 is 14.2 Å². The number of carbonyl (C=O) groups is 3. The minimum absolute atomic E-state index is 0.0740. The average molecular weight is 1010 g/mol. The fraction of sp³-hybridized carbons (Fsp3) is 0.833. The molecule has 1 unspecified atom stereocenters. The largest absolute Gasteiger partial charge is 0.462 e. The molecule has 0 aliphatic heterocycles. The lowest BCUT2D eigenvalue weighted by Crippen LogP contribution is -2.30. The van der Waals surface area contributed by atoms with Crippen molar-refractivity contribution < 1.29 is 28.6 Å². The van der Waals surface area contributed by atoms with Gasteiger partial charge in [-0.1, -0.05) is 288 Å². The van der Waals surface area contributed by atoms with Gasteiger partial charge >= 0.3 is 17.9 Å². The molecular weight excluding hydrogens is 889 g/mol. The maximum Gasteiger partial charge on any atom is 0.306 e. The first-order valence-corrected chi connectivity index (χ1v) is 31.7. The lowest BCUT2D eigenvalue weighted by atomic mass is 10.0. The van der Waals surface area contributed by atoms with Crippen LogP contribution in [0.2, 0.25) is 0 Å². The molecule has 0 amide bonds. The van der Waals surface area contributed by atoms with E-state index in [1.807, 2.05) is 0 Å². The molecule has 0 saturated carbocycles. The summed E-state index contributed by atoms with van der Waals surface area (Å²) in [6.45, 7) is 6.63. The number of ether oxygens (including phenoxy) is 3. The zero-order valence-electron chi connectivity index (χ0n) is 48.2. The van der Waals surface area contributed by atoms with Gasteiger partial charge in [-0.3, -0.25) is 14.4 Å². The van der Waals surface area contributed by atoms with Crippen LogP contribution in [0.5, 0.6) is 0 Å². The summed E-state index contributed by atoms with van der Waals surface area (Å²) >= 11 is 0. The van der Waals surface area contributed by atoms with Crippen LogP contribution in [-0.2, 0) is 28.6 Å². The number of carbonyl (C=O) groups excluding carboxylic acids is 3. The van der Waals surface area contributed by atoms with Crippen molar-refractivity contribution in [3.05, 3.63) is 48.6 Å². The summed E-state index contributed by atoms with van der Waals surface area (Å²) in [6, 6.07) is 0. The van der Waals surface area contributed by atoms with E-state index in [2.05, 4.69) is 69.4 Å². The predicted molar refractivity (Wildman–Crippen MR) is 312 cm³/mol. The number of allylic oxidation sites excluding steroid dienone is 8. The van der Waals surface area contributed by atoms with Gasteiger partial charge in [0.05, 0.1) is 0 Å².